The van der Waals surface area contributed by atoms with Crippen LogP contribution in [0.4, 0.5) is 10.3 Å². The van der Waals surface area contributed by atoms with E-state index in [-0.39, 0.29) is 17.1 Å². The largest absolute Gasteiger partial charge is 0.507 e. The molecule has 34 heavy (non-hydrogen) atoms. The molecule has 0 bridgehead atoms. The number of benzene rings is 3. The number of H-pyrrole nitrogens is 1. The molecular formula is C26H20FN3O4. The van der Waals surface area contributed by atoms with Crippen LogP contribution < -0.4 is 9.64 Å². The zero-order chi connectivity index (χ0) is 24.0. The van der Waals surface area contributed by atoms with Gasteiger partial charge in [0.05, 0.1) is 23.7 Å². The van der Waals surface area contributed by atoms with Crippen molar-refractivity contribution in [2.75, 3.05) is 12.0 Å². The Bertz CT molecular complexity index is 1460. The predicted octanol–water partition coefficient (Wildman–Crippen LogP) is 4.65. The van der Waals surface area contributed by atoms with Gasteiger partial charge in [0.25, 0.3) is 5.78 Å². The normalized spacial score (nSPS) is 17.5. The van der Waals surface area contributed by atoms with Crippen LogP contribution in [-0.2, 0) is 9.59 Å². The summed E-state index contributed by atoms with van der Waals surface area (Å²) in [7, 11) is 1.52. The van der Waals surface area contributed by atoms with E-state index in [1.165, 1.54) is 25.3 Å². The molecule has 0 radical (unpaired) electrons. The number of ketones is 1. The second-order valence-corrected chi connectivity index (χ2v) is 7.95. The summed E-state index contributed by atoms with van der Waals surface area (Å²) >= 11 is 0. The lowest BCUT2D eigenvalue weighted by Gasteiger charge is -2.23. The summed E-state index contributed by atoms with van der Waals surface area (Å²) < 4.78 is 20.2. The fourth-order valence-corrected chi connectivity index (χ4v) is 4.27. The van der Waals surface area contributed by atoms with E-state index in [0.29, 0.717) is 27.9 Å². The molecule has 0 saturated carbocycles. The number of rotatable bonds is 4. The third-order valence-electron chi connectivity index (χ3n) is 5.94. The number of fused-ring (bicyclic) bond motifs is 1. The number of imidazole rings is 1. The number of para-hydroxylation sites is 2. The van der Waals surface area contributed by atoms with Crippen molar-refractivity contribution in [1.82, 2.24) is 9.97 Å². The van der Waals surface area contributed by atoms with Crippen molar-refractivity contribution in [3.8, 4) is 5.75 Å². The SMILES string of the molecule is COc1ccc(/C(O)=C2\C(=O)C(=O)N(c3nc4ccccc4[nH]3)C2c2ccccc2F)c(C)c1. The quantitative estimate of drug-likeness (QED) is 0.264. The van der Waals surface area contributed by atoms with Gasteiger partial charge in [-0.05, 0) is 48.9 Å². The molecule has 4 aromatic rings. The highest BCUT2D eigenvalue weighted by atomic mass is 19.1. The number of aliphatic hydroxyl groups excluding tert-OH is 1. The number of aromatic amines is 1. The number of ether oxygens (including phenoxy) is 1. The number of aryl methyl sites for hydroxylation is 1. The number of hydrogen-bond acceptors (Lipinski definition) is 5. The molecule has 170 valence electrons. The van der Waals surface area contributed by atoms with E-state index in [1.807, 2.05) is 0 Å². The van der Waals surface area contributed by atoms with Crippen molar-refractivity contribution in [1.29, 1.82) is 0 Å². The highest BCUT2D eigenvalue weighted by Crippen LogP contribution is 2.43. The van der Waals surface area contributed by atoms with E-state index in [2.05, 4.69) is 9.97 Å². The van der Waals surface area contributed by atoms with Crippen molar-refractivity contribution < 1.29 is 23.8 Å². The Morgan fingerprint density at radius 2 is 1.82 bits per heavy atom. The zero-order valence-electron chi connectivity index (χ0n) is 18.4. The van der Waals surface area contributed by atoms with Crippen LogP contribution in [0.25, 0.3) is 16.8 Å². The summed E-state index contributed by atoms with van der Waals surface area (Å²) in [5.41, 5.74) is 2.04. The molecule has 1 amide bonds. The molecule has 0 aliphatic carbocycles. The first-order chi connectivity index (χ1) is 16.4. The van der Waals surface area contributed by atoms with Gasteiger partial charge in [-0.25, -0.2) is 9.37 Å². The van der Waals surface area contributed by atoms with Gasteiger partial charge in [0, 0.05) is 11.1 Å². The van der Waals surface area contributed by atoms with Gasteiger partial charge in [0.15, 0.2) is 0 Å². The number of nitrogens with zero attached hydrogens (tertiary/aromatic N) is 2. The number of Topliss-reactive ketones (excluding diaryl/α,β-unsaturated/α-hetero) is 1. The van der Waals surface area contributed by atoms with Gasteiger partial charge >= 0.3 is 5.91 Å². The first kappa shape index (κ1) is 21.4. The van der Waals surface area contributed by atoms with Gasteiger partial charge in [0.1, 0.15) is 23.4 Å². The molecular weight excluding hydrogens is 437 g/mol. The number of anilines is 1. The van der Waals surface area contributed by atoms with Crippen LogP contribution in [0.2, 0.25) is 0 Å². The lowest BCUT2D eigenvalue weighted by atomic mass is 9.93. The lowest BCUT2D eigenvalue weighted by molar-refractivity contribution is -0.132. The molecule has 1 fully saturated rings. The summed E-state index contributed by atoms with van der Waals surface area (Å²) in [5.74, 6) is -2.20. The Balaban J connectivity index is 1.75. The van der Waals surface area contributed by atoms with E-state index >= 15 is 4.39 Å². The van der Waals surface area contributed by atoms with Crippen LogP contribution >= 0.6 is 0 Å². The lowest BCUT2D eigenvalue weighted by Crippen LogP contribution is -2.30. The summed E-state index contributed by atoms with van der Waals surface area (Å²) in [6.45, 7) is 1.74. The third-order valence-corrected chi connectivity index (χ3v) is 5.94. The number of carbonyl (C=O) groups excluding carboxylic acids is 2. The van der Waals surface area contributed by atoms with Crippen LogP contribution in [0.15, 0.2) is 72.3 Å². The number of aliphatic hydroxyl groups is 1. The van der Waals surface area contributed by atoms with Gasteiger partial charge in [-0.15, -0.1) is 0 Å². The number of halogens is 1. The average Bonchev–Trinajstić information content (AvgIpc) is 3.37. The first-order valence-corrected chi connectivity index (χ1v) is 10.6. The minimum absolute atomic E-state index is 0.0647. The van der Waals surface area contributed by atoms with Crippen LogP contribution in [0.3, 0.4) is 0 Å². The molecule has 0 spiro atoms. The Morgan fingerprint density at radius 1 is 1.09 bits per heavy atom. The fraction of sp³-hybridized carbons (Fsp3) is 0.115. The van der Waals surface area contributed by atoms with Gasteiger partial charge in [0.2, 0.25) is 5.95 Å². The number of carbonyl (C=O) groups is 2. The molecule has 7 nitrogen and oxygen atoms in total. The number of nitrogens with one attached hydrogen (secondary N) is 1. The molecule has 2 heterocycles. The number of hydrogen-bond donors (Lipinski definition) is 2. The topological polar surface area (TPSA) is 95.5 Å². The molecule has 5 rings (SSSR count). The van der Waals surface area contributed by atoms with E-state index in [1.54, 1.807) is 55.5 Å². The maximum Gasteiger partial charge on any atom is 0.302 e. The number of methoxy groups -OCH3 is 1. The molecule has 1 atom stereocenters. The Morgan fingerprint density at radius 3 is 2.53 bits per heavy atom. The fourth-order valence-electron chi connectivity index (χ4n) is 4.27. The van der Waals surface area contributed by atoms with Gasteiger partial charge in [-0.3, -0.25) is 14.5 Å². The summed E-state index contributed by atoms with van der Waals surface area (Å²) in [4.78, 5) is 35.1. The van der Waals surface area contributed by atoms with Crippen LogP contribution in [-0.4, -0.2) is 33.9 Å². The second kappa shape index (κ2) is 8.15. The van der Waals surface area contributed by atoms with E-state index in [0.717, 1.165) is 4.90 Å². The van der Waals surface area contributed by atoms with Crippen molar-refractivity contribution in [2.45, 2.75) is 13.0 Å². The maximum absolute atomic E-state index is 15.0. The molecule has 1 aliphatic heterocycles. The monoisotopic (exact) mass is 457 g/mol. The number of amides is 1. The molecule has 1 saturated heterocycles. The van der Waals surface area contributed by atoms with Crippen LogP contribution in [0, 0.1) is 12.7 Å². The van der Waals surface area contributed by atoms with Crippen molar-refractivity contribution in [2.24, 2.45) is 0 Å². The van der Waals surface area contributed by atoms with Gasteiger partial charge in [-0.2, -0.15) is 0 Å². The Hall–Kier alpha value is -4.46. The molecule has 8 heteroatoms. The summed E-state index contributed by atoms with van der Waals surface area (Å²) in [6.07, 6.45) is 0. The first-order valence-electron chi connectivity index (χ1n) is 10.6. The molecule has 3 aromatic carbocycles. The standard InChI is InChI=1S/C26H20FN3O4/c1-14-13-15(34-2)11-12-16(14)23(31)21-22(17-7-3-4-8-18(17)27)30(25(33)24(21)32)26-28-19-9-5-6-10-20(19)29-26/h3-13,22,31H,1-2H3,(H,28,29)/b23-21+. The third kappa shape index (κ3) is 3.31. The van der Waals surface area contributed by atoms with Crippen molar-refractivity contribution in [3.63, 3.8) is 0 Å². The maximum atomic E-state index is 15.0. The predicted molar refractivity (Wildman–Crippen MR) is 125 cm³/mol. The van der Waals surface area contributed by atoms with Crippen LogP contribution in [0.5, 0.6) is 5.75 Å². The summed E-state index contributed by atoms with van der Waals surface area (Å²) in [6, 6.07) is 16.7. The van der Waals surface area contributed by atoms with Gasteiger partial charge < -0.3 is 14.8 Å². The molecule has 2 N–H and O–H groups in total. The van der Waals surface area contributed by atoms with Crippen LogP contribution in [0.1, 0.15) is 22.7 Å². The van der Waals surface area contributed by atoms with E-state index in [9.17, 15) is 14.7 Å². The molecule has 1 aliphatic rings. The smallest absolute Gasteiger partial charge is 0.302 e. The minimum atomic E-state index is -1.22. The molecule has 1 aromatic heterocycles. The minimum Gasteiger partial charge on any atom is -0.507 e. The second-order valence-electron chi connectivity index (χ2n) is 7.95. The van der Waals surface area contributed by atoms with E-state index < -0.39 is 29.3 Å². The molecule has 1 unspecified atom stereocenters. The van der Waals surface area contributed by atoms with Crippen molar-refractivity contribution >= 4 is 34.4 Å². The average molecular weight is 457 g/mol. The van der Waals surface area contributed by atoms with Gasteiger partial charge in [-0.1, -0.05) is 30.3 Å². The van der Waals surface area contributed by atoms with Crippen molar-refractivity contribution in [3.05, 3.63) is 94.8 Å². The highest BCUT2D eigenvalue weighted by Gasteiger charge is 2.49. The van der Waals surface area contributed by atoms with E-state index in [4.69, 9.17) is 4.74 Å². The summed E-state index contributed by atoms with van der Waals surface area (Å²) in [5, 5.41) is 11.3. The highest BCUT2D eigenvalue weighted by molar-refractivity contribution is 6.51. The number of aromatic nitrogens is 2. The zero-order valence-corrected chi connectivity index (χ0v) is 18.4. The Kier molecular flexibility index (Phi) is 5.13. The Labute approximate surface area is 194 Å².